The Balaban J connectivity index is 2.58. The molecule has 0 saturated carbocycles. The van der Waals surface area contributed by atoms with Gasteiger partial charge >= 0.3 is 0 Å². The van der Waals surface area contributed by atoms with Gasteiger partial charge in [-0.25, -0.2) is 4.68 Å². The Morgan fingerprint density at radius 2 is 1.89 bits per heavy atom. The van der Waals surface area contributed by atoms with Crippen molar-refractivity contribution in [3.63, 3.8) is 0 Å². The monoisotopic (exact) mass is 324 g/mol. The normalized spacial score (nSPS) is 11.8. The Bertz CT molecular complexity index is 632. The van der Waals surface area contributed by atoms with E-state index in [1.807, 2.05) is 16.8 Å². The Hall–Kier alpha value is -0.870. The maximum Gasteiger partial charge on any atom is 0.127 e. The van der Waals surface area contributed by atoms with Gasteiger partial charge < -0.3 is 0 Å². The van der Waals surface area contributed by atoms with Gasteiger partial charge in [0.15, 0.2) is 0 Å². The quantitative estimate of drug-likeness (QED) is 0.739. The zero-order valence-electron chi connectivity index (χ0n) is 11.0. The molecule has 4 heteroatoms. The Morgan fingerprint density at radius 3 is 2.39 bits per heavy atom. The van der Waals surface area contributed by atoms with E-state index in [2.05, 4.69) is 60.9 Å². The summed E-state index contributed by atoms with van der Waals surface area (Å²) in [7, 11) is 0. The van der Waals surface area contributed by atoms with Gasteiger partial charge in [0.05, 0.1) is 5.69 Å². The van der Waals surface area contributed by atoms with Crippen molar-refractivity contribution < 1.29 is 0 Å². The predicted octanol–water partition coefficient (Wildman–Crippen LogP) is 4.90. The Kier molecular flexibility index (Phi) is 3.52. The first-order valence-electron chi connectivity index (χ1n) is 5.88. The van der Waals surface area contributed by atoms with Crippen LogP contribution in [0.2, 0.25) is 0 Å². The fourth-order valence-corrected chi connectivity index (χ4v) is 2.57. The molecule has 2 nitrogen and oxygen atoms in total. The molecule has 96 valence electrons. The fraction of sp³-hybridized carbons (Fsp3) is 0.357. The molecule has 0 aliphatic rings. The molecule has 0 aliphatic carbocycles. The number of aryl methyl sites for hydroxylation is 1. The number of aromatic amines is 1. The molecule has 1 N–H and O–H groups in total. The molecule has 18 heavy (non-hydrogen) atoms. The summed E-state index contributed by atoms with van der Waals surface area (Å²) in [4.78, 5) is 0. The summed E-state index contributed by atoms with van der Waals surface area (Å²) >= 11 is 8.92. The number of nitrogens with one attached hydrogen (secondary N) is 1. The third kappa shape index (κ3) is 2.59. The third-order valence-corrected chi connectivity index (χ3v) is 3.72. The zero-order valence-corrected chi connectivity index (χ0v) is 13.4. The second-order valence-electron chi connectivity index (χ2n) is 5.52. The second-order valence-corrected chi connectivity index (χ2v) is 6.86. The van der Waals surface area contributed by atoms with Gasteiger partial charge in [-0.15, -0.1) is 0 Å². The molecule has 0 atom stereocenters. The molecule has 0 amide bonds. The van der Waals surface area contributed by atoms with Crippen LogP contribution in [0.3, 0.4) is 0 Å². The van der Waals surface area contributed by atoms with Gasteiger partial charge in [-0.3, -0.25) is 5.10 Å². The van der Waals surface area contributed by atoms with Crippen LogP contribution < -0.4 is 0 Å². The molecular weight excluding hydrogens is 308 g/mol. The highest BCUT2D eigenvalue weighted by molar-refractivity contribution is 9.10. The minimum absolute atomic E-state index is 0.0715. The van der Waals surface area contributed by atoms with Gasteiger partial charge in [-0.1, -0.05) is 48.9 Å². The number of H-pyrrole nitrogens is 1. The molecule has 2 aromatic rings. The van der Waals surface area contributed by atoms with Crippen LogP contribution in [0.5, 0.6) is 0 Å². The lowest BCUT2D eigenvalue weighted by Gasteiger charge is -2.16. The predicted molar refractivity (Wildman–Crippen MR) is 82.1 cm³/mol. The minimum atomic E-state index is 0.0715. The Labute approximate surface area is 121 Å². The lowest BCUT2D eigenvalue weighted by molar-refractivity contribution is 0.560. The number of rotatable bonds is 1. The van der Waals surface area contributed by atoms with Crippen LogP contribution in [0.25, 0.3) is 5.69 Å². The van der Waals surface area contributed by atoms with Crippen LogP contribution in [-0.4, -0.2) is 9.78 Å². The number of nitrogens with zero attached hydrogens (tertiary/aromatic N) is 1. The Morgan fingerprint density at radius 1 is 1.22 bits per heavy atom. The summed E-state index contributed by atoms with van der Waals surface area (Å²) in [5, 5.41) is 3.40. The lowest BCUT2D eigenvalue weighted by atomic mass is 9.93. The summed E-state index contributed by atoms with van der Waals surface area (Å²) in [5.41, 5.74) is 3.50. The van der Waals surface area contributed by atoms with Crippen molar-refractivity contribution >= 4 is 28.1 Å². The lowest BCUT2D eigenvalue weighted by Crippen LogP contribution is -2.12. The molecule has 0 saturated heterocycles. The average Bonchev–Trinajstić information content (AvgIpc) is 2.60. The van der Waals surface area contributed by atoms with Gasteiger partial charge in [0.1, 0.15) is 4.64 Å². The van der Waals surface area contributed by atoms with Crippen LogP contribution in [0.4, 0.5) is 0 Å². The van der Waals surface area contributed by atoms with Gasteiger partial charge in [0.25, 0.3) is 0 Å². The highest BCUT2D eigenvalue weighted by atomic mass is 79.9. The number of aromatic nitrogens is 2. The molecule has 1 aromatic carbocycles. The van der Waals surface area contributed by atoms with Crippen LogP contribution in [0.15, 0.2) is 28.7 Å². The number of hydrogen-bond donors (Lipinski definition) is 1. The van der Waals surface area contributed by atoms with E-state index in [-0.39, 0.29) is 5.41 Å². The second kappa shape index (κ2) is 4.67. The highest BCUT2D eigenvalue weighted by Gasteiger charge is 2.17. The van der Waals surface area contributed by atoms with E-state index in [1.54, 1.807) is 0 Å². The number of hydrogen-bond acceptors (Lipinski definition) is 1. The molecule has 0 bridgehead atoms. The molecule has 1 aromatic heterocycles. The zero-order chi connectivity index (χ0) is 13.5. The van der Waals surface area contributed by atoms with Crippen molar-refractivity contribution in [3.8, 4) is 5.69 Å². The van der Waals surface area contributed by atoms with E-state index >= 15 is 0 Å². The van der Waals surface area contributed by atoms with E-state index in [4.69, 9.17) is 12.2 Å². The first-order valence-corrected chi connectivity index (χ1v) is 7.08. The van der Waals surface area contributed by atoms with Gasteiger partial charge in [0.2, 0.25) is 0 Å². The van der Waals surface area contributed by atoms with Crippen molar-refractivity contribution in [1.82, 2.24) is 9.78 Å². The van der Waals surface area contributed by atoms with Crippen LogP contribution >= 0.6 is 28.1 Å². The highest BCUT2D eigenvalue weighted by Crippen LogP contribution is 2.24. The van der Waals surface area contributed by atoms with Crippen LogP contribution in [0.1, 0.15) is 32.0 Å². The minimum Gasteiger partial charge on any atom is -0.296 e. The van der Waals surface area contributed by atoms with Crippen molar-refractivity contribution in [2.24, 2.45) is 0 Å². The van der Waals surface area contributed by atoms with E-state index in [9.17, 15) is 0 Å². The van der Waals surface area contributed by atoms with E-state index in [0.717, 1.165) is 20.5 Å². The molecule has 0 radical (unpaired) electrons. The van der Waals surface area contributed by atoms with E-state index in [1.165, 1.54) is 5.56 Å². The number of halogens is 1. The van der Waals surface area contributed by atoms with E-state index in [0.29, 0.717) is 0 Å². The molecule has 0 aliphatic heterocycles. The molecule has 0 unspecified atom stereocenters. The van der Waals surface area contributed by atoms with Crippen LogP contribution in [0, 0.1) is 11.6 Å². The van der Waals surface area contributed by atoms with Crippen molar-refractivity contribution in [2.75, 3.05) is 0 Å². The van der Waals surface area contributed by atoms with Crippen LogP contribution in [-0.2, 0) is 5.41 Å². The summed E-state index contributed by atoms with van der Waals surface area (Å²) in [6.45, 7) is 8.60. The summed E-state index contributed by atoms with van der Waals surface area (Å²) in [6.07, 6.45) is 0. The fourth-order valence-electron chi connectivity index (χ4n) is 1.83. The molecule has 1 heterocycles. The standard InChI is InChI=1S/C14H17BrN2S/c1-9-7-10(15)5-6-11(9)17-13(18)8-12(16-17)14(2,3)4/h5-8,16H,1-4H3. The first-order chi connectivity index (χ1) is 8.29. The first kappa shape index (κ1) is 13.6. The molecule has 0 fully saturated rings. The summed E-state index contributed by atoms with van der Waals surface area (Å²) < 4.78 is 3.86. The van der Waals surface area contributed by atoms with Gasteiger partial charge in [0, 0.05) is 15.6 Å². The molecule has 2 rings (SSSR count). The van der Waals surface area contributed by atoms with E-state index < -0.39 is 0 Å². The molecule has 0 spiro atoms. The largest absolute Gasteiger partial charge is 0.296 e. The van der Waals surface area contributed by atoms with Crippen molar-refractivity contribution in [1.29, 1.82) is 0 Å². The maximum absolute atomic E-state index is 5.44. The van der Waals surface area contributed by atoms with Gasteiger partial charge in [-0.05, 0) is 36.8 Å². The van der Waals surface area contributed by atoms with Gasteiger partial charge in [-0.2, -0.15) is 0 Å². The summed E-state index contributed by atoms with van der Waals surface area (Å²) in [5.74, 6) is 0. The van der Waals surface area contributed by atoms with Crippen molar-refractivity contribution in [3.05, 3.63) is 44.6 Å². The number of benzene rings is 1. The summed E-state index contributed by atoms with van der Waals surface area (Å²) in [6, 6.07) is 8.23. The topological polar surface area (TPSA) is 20.7 Å². The molecular formula is C14H17BrN2S. The SMILES string of the molecule is Cc1cc(Br)ccc1-n1[nH]c(C(C)(C)C)cc1=S. The third-order valence-electron chi connectivity index (χ3n) is 2.93. The van der Waals surface area contributed by atoms with Crippen molar-refractivity contribution in [2.45, 2.75) is 33.1 Å². The maximum atomic E-state index is 5.44. The smallest absolute Gasteiger partial charge is 0.127 e. The average molecular weight is 325 g/mol.